The Kier molecular flexibility index (Phi) is 3.97. The average Bonchev–Trinajstić information content (AvgIpc) is 2.87. The molecule has 1 aromatic carbocycles. The summed E-state index contributed by atoms with van der Waals surface area (Å²) < 4.78 is 13.2. The van der Waals surface area contributed by atoms with E-state index < -0.39 is 0 Å². The van der Waals surface area contributed by atoms with Crippen molar-refractivity contribution in [3.63, 3.8) is 0 Å². The highest BCUT2D eigenvalue weighted by Gasteiger charge is 2.26. The summed E-state index contributed by atoms with van der Waals surface area (Å²) in [5.74, 6) is -0.272. The minimum Gasteiger partial charge on any atom is -0.335 e. The van der Waals surface area contributed by atoms with Gasteiger partial charge in [0, 0.05) is 24.7 Å². The van der Waals surface area contributed by atoms with Crippen molar-refractivity contribution in [3.8, 4) is 0 Å². The number of rotatable bonds is 3. The molecule has 1 unspecified atom stereocenters. The number of benzene rings is 1. The molecule has 1 aliphatic heterocycles. The fourth-order valence-electron chi connectivity index (χ4n) is 2.42. The topological polar surface area (TPSA) is 32.3 Å². The second-order valence-corrected chi connectivity index (χ2v) is 4.70. The molecule has 18 heavy (non-hydrogen) atoms. The van der Waals surface area contributed by atoms with Crippen LogP contribution in [-0.2, 0) is 0 Å². The number of carbonyl (C=O) groups excluding carboxylic acids is 1. The van der Waals surface area contributed by atoms with Gasteiger partial charge in [-0.1, -0.05) is 0 Å². The molecule has 0 spiro atoms. The van der Waals surface area contributed by atoms with Crippen LogP contribution in [0.1, 0.15) is 29.3 Å². The molecule has 98 valence electrons. The number of hydrogen-bond donors (Lipinski definition) is 1. The van der Waals surface area contributed by atoms with Crippen LogP contribution in [0.5, 0.6) is 0 Å². The third kappa shape index (κ3) is 2.53. The van der Waals surface area contributed by atoms with Gasteiger partial charge in [-0.3, -0.25) is 4.79 Å². The van der Waals surface area contributed by atoms with Gasteiger partial charge in [0.15, 0.2) is 0 Å². The van der Waals surface area contributed by atoms with E-state index in [0.717, 1.165) is 19.5 Å². The number of nitrogens with one attached hydrogen (secondary N) is 1. The van der Waals surface area contributed by atoms with Gasteiger partial charge in [-0.15, -0.1) is 0 Å². The van der Waals surface area contributed by atoms with Crippen molar-refractivity contribution in [3.05, 3.63) is 35.1 Å². The summed E-state index contributed by atoms with van der Waals surface area (Å²) in [5.41, 5.74) is 1.09. The van der Waals surface area contributed by atoms with Crippen LogP contribution < -0.4 is 5.32 Å². The first-order chi connectivity index (χ1) is 8.63. The summed E-state index contributed by atoms with van der Waals surface area (Å²) in [6, 6.07) is 4.81. The van der Waals surface area contributed by atoms with Gasteiger partial charge in [0.1, 0.15) is 5.82 Å². The molecule has 1 heterocycles. The Balaban J connectivity index is 2.19. The quantitative estimate of drug-likeness (QED) is 0.889. The van der Waals surface area contributed by atoms with Gasteiger partial charge in [-0.05, 0) is 50.6 Å². The third-order valence-electron chi connectivity index (χ3n) is 3.48. The van der Waals surface area contributed by atoms with E-state index in [1.807, 2.05) is 11.8 Å². The number of hydrogen-bond acceptors (Lipinski definition) is 2. The van der Waals surface area contributed by atoms with Crippen molar-refractivity contribution in [2.75, 3.05) is 19.6 Å². The van der Waals surface area contributed by atoms with E-state index in [2.05, 4.69) is 5.32 Å². The van der Waals surface area contributed by atoms with Crippen molar-refractivity contribution < 1.29 is 9.18 Å². The summed E-state index contributed by atoms with van der Waals surface area (Å²) in [7, 11) is 0. The molecule has 1 saturated heterocycles. The van der Waals surface area contributed by atoms with Crippen LogP contribution in [0.15, 0.2) is 18.2 Å². The van der Waals surface area contributed by atoms with Crippen molar-refractivity contribution in [1.29, 1.82) is 0 Å². The van der Waals surface area contributed by atoms with Gasteiger partial charge in [0.05, 0.1) is 0 Å². The molecule has 1 N–H and O–H groups in total. The largest absolute Gasteiger partial charge is 0.335 e. The lowest BCUT2D eigenvalue weighted by atomic mass is 10.1. The number of aryl methyl sites for hydroxylation is 1. The molecule has 0 aromatic heterocycles. The molecule has 0 radical (unpaired) electrons. The molecule has 3 nitrogen and oxygen atoms in total. The molecule has 0 bridgehead atoms. The Labute approximate surface area is 107 Å². The normalized spacial score (nSPS) is 18.9. The summed E-state index contributed by atoms with van der Waals surface area (Å²) in [5, 5.41) is 3.26. The van der Waals surface area contributed by atoms with Crippen LogP contribution in [0.2, 0.25) is 0 Å². The first-order valence-electron chi connectivity index (χ1n) is 6.41. The monoisotopic (exact) mass is 250 g/mol. The van der Waals surface area contributed by atoms with E-state index in [1.54, 1.807) is 19.1 Å². The van der Waals surface area contributed by atoms with Crippen molar-refractivity contribution in [1.82, 2.24) is 10.2 Å². The standard InChI is InChI=1S/C14H19FN2O/c1-3-17(12-6-7-16-9-12)14(18)11-4-5-13(15)10(2)8-11/h4-5,8,12,16H,3,6-7,9H2,1-2H3. The molecule has 2 rings (SSSR count). The van der Waals surface area contributed by atoms with E-state index >= 15 is 0 Å². The molecule has 1 aromatic rings. The first kappa shape index (κ1) is 13.0. The smallest absolute Gasteiger partial charge is 0.254 e. The lowest BCUT2D eigenvalue weighted by Gasteiger charge is -2.27. The average molecular weight is 250 g/mol. The van der Waals surface area contributed by atoms with Crippen LogP contribution >= 0.6 is 0 Å². The SMILES string of the molecule is CCN(C(=O)c1ccc(F)c(C)c1)C1CCNC1. The van der Waals surface area contributed by atoms with E-state index in [1.165, 1.54) is 6.07 Å². The number of carbonyl (C=O) groups is 1. The Morgan fingerprint density at radius 2 is 2.33 bits per heavy atom. The summed E-state index contributed by atoms with van der Waals surface area (Å²) >= 11 is 0. The summed E-state index contributed by atoms with van der Waals surface area (Å²) in [4.78, 5) is 14.3. The zero-order chi connectivity index (χ0) is 13.1. The van der Waals surface area contributed by atoms with Crippen molar-refractivity contribution in [2.45, 2.75) is 26.3 Å². The molecular formula is C14H19FN2O. The van der Waals surface area contributed by atoms with Gasteiger partial charge in [-0.25, -0.2) is 4.39 Å². The predicted octanol–water partition coefficient (Wildman–Crippen LogP) is 1.96. The maximum absolute atomic E-state index is 13.2. The van der Waals surface area contributed by atoms with Crippen LogP contribution in [0.3, 0.4) is 0 Å². The fraction of sp³-hybridized carbons (Fsp3) is 0.500. The number of amides is 1. The van der Waals surface area contributed by atoms with Crippen LogP contribution in [-0.4, -0.2) is 36.5 Å². The molecule has 0 aliphatic carbocycles. The maximum atomic E-state index is 13.2. The highest BCUT2D eigenvalue weighted by atomic mass is 19.1. The highest BCUT2D eigenvalue weighted by molar-refractivity contribution is 5.94. The number of likely N-dealkylation sites (N-methyl/N-ethyl adjacent to an activating group) is 1. The van der Waals surface area contributed by atoms with E-state index in [0.29, 0.717) is 17.7 Å². The molecule has 0 saturated carbocycles. The lowest BCUT2D eigenvalue weighted by Crippen LogP contribution is -2.41. The molecule has 1 atom stereocenters. The Morgan fingerprint density at radius 1 is 1.56 bits per heavy atom. The van der Waals surface area contributed by atoms with Gasteiger partial charge in [-0.2, -0.15) is 0 Å². The van der Waals surface area contributed by atoms with E-state index in [4.69, 9.17) is 0 Å². The third-order valence-corrected chi connectivity index (χ3v) is 3.48. The Hall–Kier alpha value is -1.42. The van der Waals surface area contributed by atoms with Gasteiger partial charge in [0.2, 0.25) is 0 Å². The predicted molar refractivity (Wildman–Crippen MR) is 69.1 cm³/mol. The van der Waals surface area contributed by atoms with Crippen molar-refractivity contribution >= 4 is 5.91 Å². The van der Waals surface area contributed by atoms with Gasteiger partial charge < -0.3 is 10.2 Å². The minimum absolute atomic E-state index is 0.00528. The zero-order valence-electron chi connectivity index (χ0n) is 10.9. The van der Waals surface area contributed by atoms with Gasteiger partial charge in [0.25, 0.3) is 5.91 Å². The second kappa shape index (κ2) is 5.48. The molecule has 1 fully saturated rings. The first-order valence-corrected chi connectivity index (χ1v) is 6.41. The zero-order valence-corrected chi connectivity index (χ0v) is 10.9. The van der Waals surface area contributed by atoms with Crippen LogP contribution in [0.4, 0.5) is 4.39 Å². The van der Waals surface area contributed by atoms with Crippen LogP contribution in [0.25, 0.3) is 0 Å². The second-order valence-electron chi connectivity index (χ2n) is 4.70. The maximum Gasteiger partial charge on any atom is 0.254 e. The summed E-state index contributed by atoms with van der Waals surface area (Å²) in [6.07, 6.45) is 0.986. The molecule has 1 aliphatic rings. The van der Waals surface area contributed by atoms with E-state index in [9.17, 15) is 9.18 Å². The lowest BCUT2D eigenvalue weighted by molar-refractivity contribution is 0.0703. The Bertz CT molecular complexity index is 441. The summed E-state index contributed by atoms with van der Waals surface area (Å²) in [6.45, 7) is 6.14. The fourth-order valence-corrected chi connectivity index (χ4v) is 2.42. The number of nitrogens with zero attached hydrogens (tertiary/aromatic N) is 1. The van der Waals surface area contributed by atoms with E-state index in [-0.39, 0.29) is 17.8 Å². The molecular weight excluding hydrogens is 231 g/mol. The highest BCUT2D eigenvalue weighted by Crippen LogP contribution is 2.15. The van der Waals surface area contributed by atoms with Gasteiger partial charge >= 0.3 is 0 Å². The van der Waals surface area contributed by atoms with Crippen LogP contribution in [0, 0.1) is 12.7 Å². The molecule has 1 amide bonds. The number of halogens is 1. The Morgan fingerprint density at radius 3 is 2.89 bits per heavy atom. The van der Waals surface area contributed by atoms with Crippen molar-refractivity contribution in [2.24, 2.45) is 0 Å². The molecule has 4 heteroatoms. The minimum atomic E-state index is -0.267.